The molecule has 0 saturated carbocycles. The summed E-state index contributed by atoms with van der Waals surface area (Å²) in [5.41, 5.74) is 2.13. The van der Waals surface area contributed by atoms with Crippen molar-refractivity contribution >= 4 is 39.8 Å². The Morgan fingerprint density at radius 2 is 1.80 bits per heavy atom. The lowest BCUT2D eigenvalue weighted by Crippen LogP contribution is -2.38. The van der Waals surface area contributed by atoms with E-state index < -0.39 is 9.84 Å². The second-order valence-corrected chi connectivity index (χ2v) is 8.88. The first-order valence-electron chi connectivity index (χ1n) is 9.40. The Labute approximate surface area is 196 Å². The minimum atomic E-state index is -2.99. The third kappa shape index (κ3) is 10.3. The van der Waals surface area contributed by atoms with Crippen LogP contribution in [0.1, 0.15) is 11.1 Å². The molecule has 0 aromatic heterocycles. The molecule has 166 valence electrons. The molecule has 0 spiro atoms. The first-order valence-corrected chi connectivity index (χ1v) is 11.5. The van der Waals surface area contributed by atoms with Gasteiger partial charge < -0.3 is 20.1 Å². The van der Waals surface area contributed by atoms with Crippen molar-refractivity contribution in [1.29, 1.82) is 0 Å². The van der Waals surface area contributed by atoms with Gasteiger partial charge in [-0.1, -0.05) is 30.3 Å². The third-order valence-electron chi connectivity index (χ3n) is 4.00. The van der Waals surface area contributed by atoms with Crippen LogP contribution < -0.4 is 15.4 Å². The molecule has 2 aromatic carbocycles. The molecule has 2 rings (SSSR count). The summed E-state index contributed by atoms with van der Waals surface area (Å²) in [7, 11) is -1.30. The Hall–Kier alpha value is -1.85. The molecule has 0 aliphatic carbocycles. The van der Waals surface area contributed by atoms with E-state index in [9.17, 15) is 8.42 Å². The van der Waals surface area contributed by atoms with Gasteiger partial charge in [0.1, 0.15) is 21.3 Å². The summed E-state index contributed by atoms with van der Waals surface area (Å²) in [6.07, 6.45) is 1.20. The van der Waals surface area contributed by atoms with Gasteiger partial charge in [0.25, 0.3) is 0 Å². The molecule has 2 aromatic rings. The summed E-state index contributed by atoms with van der Waals surface area (Å²) in [4.78, 5) is 4.19. The molecule has 2 N–H and O–H groups in total. The third-order valence-corrected chi connectivity index (χ3v) is 4.91. The van der Waals surface area contributed by atoms with Gasteiger partial charge in [0.15, 0.2) is 5.96 Å². The maximum absolute atomic E-state index is 11.1. The van der Waals surface area contributed by atoms with E-state index in [1.165, 1.54) is 6.26 Å². The number of aliphatic imine (C=N–C) groups is 1. The van der Waals surface area contributed by atoms with Crippen molar-refractivity contribution in [3.05, 3.63) is 59.7 Å². The summed E-state index contributed by atoms with van der Waals surface area (Å²) in [6.45, 7) is 3.67. The van der Waals surface area contributed by atoms with Gasteiger partial charge in [-0.05, 0) is 30.7 Å². The van der Waals surface area contributed by atoms with Crippen LogP contribution in [-0.2, 0) is 21.1 Å². The highest BCUT2D eigenvalue weighted by Crippen LogP contribution is 2.26. The van der Waals surface area contributed by atoms with Gasteiger partial charge in [-0.25, -0.2) is 8.42 Å². The normalized spacial score (nSPS) is 11.5. The number of benzene rings is 2. The molecule has 0 fully saturated rings. The number of aryl methyl sites for hydroxylation is 1. The number of nitrogens with zero attached hydrogens (tertiary/aromatic N) is 1. The van der Waals surface area contributed by atoms with Crippen LogP contribution in [0.3, 0.4) is 0 Å². The molecule has 0 saturated heterocycles. The summed E-state index contributed by atoms with van der Waals surface area (Å²) in [5.74, 6) is 2.23. The van der Waals surface area contributed by atoms with Crippen LogP contribution in [0.5, 0.6) is 11.5 Å². The number of halogens is 1. The zero-order valence-corrected chi connectivity index (χ0v) is 20.7. The van der Waals surface area contributed by atoms with Crippen LogP contribution in [0.15, 0.2) is 53.5 Å². The fourth-order valence-corrected chi connectivity index (χ4v) is 2.89. The molecule has 0 aliphatic rings. The molecule has 0 radical (unpaired) electrons. The zero-order chi connectivity index (χ0) is 21.1. The van der Waals surface area contributed by atoms with E-state index >= 15 is 0 Å². The number of guanidine groups is 1. The maximum atomic E-state index is 11.1. The standard InChI is InChI=1S/C21H29N3O4S.HI/c1-17-9-10-18(20(15-17)28-19-7-5-4-6-8-19)16-24-21(22-2)23-11-12-27-13-14-29(3,25)26;/h4-10,15H,11-14,16H2,1-3H3,(H2,22,23,24);1H. The Balaban J connectivity index is 0.00000450. The van der Waals surface area contributed by atoms with E-state index in [0.717, 1.165) is 22.6 Å². The lowest BCUT2D eigenvalue weighted by atomic mass is 10.1. The molecule has 30 heavy (non-hydrogen) atoms. The second-order valence-electron chi connectivity index (χ2n) is 6.62. The van der Waals surface area contributed by atoms with E-state index in [2.05, 4.69) is 15.6 Å². The summed E-state index contributed by atoms with van der Waals surface area (Å²) in [5, 5.41) is 6.40. The van der Waals surface area contributed by atoms with Crippen LogP contribution in [0, 0.1) is 6.92 Å². The number of rotatable bonds is 10. The Morgan fingerprint density at radius 3 is 2.47 bits per heavy atom. The average molecular weight is 547 g/mol. The Bertz CT molecular complexity index is 906. The lowest BCUT2D eigenvalue weighted by Gasteiger charge is -2.15. The second kappa shape index (κ2) is 13.5. The molecular weight excluding hydrogens is 517 g/mol. The van der Waals surface area contributed by atoms with Crippen LogP contribution in [0.25, 0.3) is 0 Å². The van der Waals surface area contributed by atoms with Gasteiger partial charge in [-0.2, -0.15) is 0 Å². The molecule has 0 aliphatic heterocycles. The van der Waals surface area contributed by atoms with Crippen LogP contribution in [-0.4, -0.2) is 53.2 Å². The fraction of sp³-hybridized carbons (Fsp3) is 0.381. The van der Waals surface area contributed by atoms with Crippen LogP contribution in [0.2, 0.25) is 0 Å². The van der Waals surface area contributed by atoms with E-state index in [0.29, 0.717) is 25.7 Å². The number of para-hydroxylation sites is 1. The maximum Gasteiger partial charge on any atom is 0.191 e. The Morgan fingerprint density at radius 1 is 1.07 bits per heavy atom. The van der Waals surface area contributed by atoms with Crippen molar-refractivity contribution in [2.45, 2.75) is 13.5 Å². The Kier molecular flexibility index (Phi) is 11.7. The van der Waals surface area contributed by atoms with Crippen molar-refractivity contribution in [2.75, 3.05) is 38.8 Å². The van der Waals surface area contributed by atoms with Gasteiger partial charge >= 0.3 is 0 Å². The molecule has 9 heteroatoms. The van der Waals surface area contributed by atoms with E-state index in [4.69, 9.17) is 9.47 Å². The van der Waals surface area contributed by atoms with Gasteiger partial charge in [-0.3, -0.25) is 4.99 Å². The predicted molar refractivity (Wildman–Crippen MR) is 132 cm³/mol. The molecule has 0 heterocycles. The largest absolute Gasteiger partial charge is 0.457 e. The van der Waals surface area contributed by atoms with Crippen molar-refractivity contribution in [3.8, 4) is 11.5 Å². The van der Waals surface area contributed by atoms with Gasteiger partial charge in [0, 0.05) is 32.0 Å². The summed E-state index contributed by atoms with van der Waals surface area (Å²) < 4.78 is 33.5. The number of sulfone groups is 1. The summed E-state index contributed by atoms with van der Waals surface area (Å²) >= 11 is 0. The topological polar surface area (TPSA) is 89.0 Å². The fourth-order valence-electron chi connectivity index (χ4n) is 2.47. The zero-order valence-electron chi connectivity index (χ0n) is 17.6. The molecule has 0 bridgehead atoms. The minimum absolute atomic E-state index is 0. The van der Waals surface area contributed by atoms with Crippen molar-refractivity contribution in [2.24, 2.45) is 4.99 Å². The highest BCUT2D eigenvalue weighted by molar-refractivity contribution is 14.0. The first-order chi connectivity index (χ1) is 13.9. The minimum Gasteiger partial charge on any atom is -0.457 e. The van der Waals surface area contributed by atoms with Crippen molar-refractivity contribution in [1.82, 2.24) is 10.6 Å². The number of hydrogen-bond acceptors (Lipinski definition) is 5. The number of ether oxygens (including phenoxy) is 2. The van der Waals surface area contributed by atoms with Crippen LogP contribution in [0.4, 0.5) is 0 Å². The quantitative estimate of drug-likeness (QED) is 0.206. The summed E-state index contributed by atoms with van der Waals surface area (Å²) in [6, 6.07) is 15.7. The SMILES string of the molecule is CN=C(NCCOCCS(C)(=O)=O)NCc1ccc(C)cc1Oc1ccccc1.I. The number of nitrogens with one attached hydrogen (secondary N) is 2. The molecule has 7 nitrogen and oxygen atoms in total. The van der Waals surface area contributed by atoms with Gasteiger partial charge in [-0.15, -0.1) is 24.0 Å². The molecule has 0 atom stereocenters. The number of hydrogen-bond donors (Lipinski definition) is 2. The van der Waals surface area contributed by atoms with Gasteiger partial charge in [0.05, 0.1) is 19.0 Å². The molecular formula is C21H30IN3O4S. The molecule has 0 amide bonds. The van der Waals surface area contributed by atoms with Crippen molar-refractivity contribution < 1.29 is 17.9 Å². The predicted octanol–water partition coefficient (Wildman–Crippen LogP) is 3.13. The smallest absolute Gasteiger partial charge is 0.191 e. The van der Waals surface area contributed by atoms with Crippen molar-refractivity contribution in [3.63, 3.8) is 0 Å². The average Bonchev–Trinajstić information content (AvgIpc) is 2.68. The van der Waals surface area contributed by atoms with Gasteiger partial charge in [0.2, 0.25) is 0 Å². The van der Waals surface area contributed by atoms with E-state index in [1.807, 2.05) is 55.5 Å². The molecule has 0 unspecified atom stereocenters. The first kappa shape index (κ1) is 26.2. The lowest BCUT2D eigenvalue weighted by molar-refractivity contribution is 0.154. The highest BCUT2D eigenvalue weighted by Gasteiger charge is 2.07. The van der Waals surface area contributed by atoms with E-state index in [-0.39, 0.29) is 36.3 Å². The monoisotopic (exact) mass is 547 g/mol. The highest BCUT2D eigenvalue weighted by atomic mass is 127. The van der Waals surface area contributed by atoms with Crippen LogP contribution >= 0.6 is 24.0 Å². The van der Waals surface area contributed by atoms with E-state index in [1.54, 1.807) is 7.05 Å².